The molecular formula is C108H176O10. The molecule has 0 saturated heterocycles. The molecule has 0 spiro atoms. The van der Waals surface area contributed by atoms with E-state index in [9.17, 15) is 4.79 Å². The number of aryl methyl sites for hydroxylation is 1. The number of rotatable bonds is 38. The molecule has 668 valence electrons. The van der Waals surface area contributed by atoms with Crippen LogP contribution >= 0.6 is 0 Å². The standard InChI is InChI=1S/C31H50O4.C28H46O2.C26H42O2.C23H38O2/c1-7-31(5,6)29(32)34-26-20-18-25(19-21-26)33-28(35-30(2,3)4)22-27(23-14-10-8-11-15-23)24-16-12-9-13-17-24;1-5-22(4)23-16-18-26(19-17-23)30-28(29-21(2)3)20-27(24-12-8-6-9-13-24)25-14-10-7-11-15-25;1-6-19(4)22-12-14-25(20(5)16-22)28-26(15-18(2)3)27-24-13-11-21-9-7-8-10-23(21)17-24;1-5-19(4)21-11-13-22(14-12-21)25-23(17-18(2)3)24-16-15-20-9-7-6-8-10-20/h18-21,23-24,27-28H,7-17,22H2,1-6H3;16-19,21-22,24-25,27-28H,5-15,20H2,1-4H3;12,14,16,18-19,21,23-24,26H,6-11,13,15,17H2,1-5H3;11-14,18-20,23H,5-10,15-17H2,1-4H3. The van der Waals surface area contributed by atoms with Crippen molar-refractivity contribution in [1.82, 2.24) is 0 Å². The van der Waals surface area contributed by atoms with Gasteiger partial charge in [-0.2, -0.15) is 0 Å². The molecule has 0 aliphatic heterocycles. The van der Waals surface area contributed by atoms with E-state index in [4.69, 9.17) is 42.6 Å². The Balaban J connectivity index is 0.000000198. The summed E-state index contributed by atoms with van der Waals surface area (Å²) in [4.78, 5) is 12.4. The molecule has 118 heavy (non-hydrogen) atoms. The fourth-order valence-corrected chi connectivity index (χ4v) is 20.4. The molecule has 0 radical (unpaired) electrons. The van der Waals surface area contributed by atoms with Crippen LogP contribution in [0.25, 0.3) is 0 Å². The van der Waals surface area contributed by atoms with Crippen LogP contribution in [0.2, 0.25) is 0 Å². The van der Waals surface area contributed by atoms with Crippen LogP contribution in [0.4, 0.5) is 0 Å². The Morgan fingerprint density at radius 1 is 0.407 bits per heavy atom. The highest BCUT2D eigenvalue weighted by Crippen LogP contribution is 2.47. The molecule has 10 atom stereocenters. The van der Waals surface area contributed by atoms with Crippen LogP contribution < -0.4 is 23.7 Å². The van der Waals surface area contributed by atoms with E-state index in [1.165, 1.54) is 253 Å². The summed E-state index contributed by atoms with van der Waals surface area (Å²) in [6.07, 6.45) is 53.6. The Labute approximate surface area is 723 Å². The lowest BCUT2D eigenvalue weighted by molar-refractivity contribution is -0.165. The third-order valence-corrected chi connectivity index (χ3v) is 28.6. The van der Waals surface area contributed by atoms with Crippen molar-refractivity contribution in [3.63, 3.8) is 0 Å². The Morgan fingerprint density at radius 2 is 0.805 bits per heavy atom. The van der Waals surface area contributed by atoms with Crippen LogP contribution in [0.3, 0.4) is 0 Å². The maximum atomic E-state index is 12.4. The largest absolute Gasteiger partial charge is 0.465 e. The molecule has 0 amide bonds. The van der Waals surface area contributed by atoms with E-state index < -0.39 is 5.41 Å². The molecular weight excluding hydrogens is 1460 g/mol. The lowest BCUT2D eigenvalue weighted by Gasteiger charge is -2.40. The average Bonchev–Trinajstić information content (AvgIpc) is 0.841. The van der Waals surface area contributed by atoms with Gasteiger partial charge in [0.2, 0.25) is 6.29 Å². The number of ether oxygens (including phenoxy) is 9. The Bertz CT molecular complexity index is 3250. The van der Waals surface area contributed by atoms with E-state index >= 15 is 0 Å². The van der Waals surface area contributed by atoms with Crippen molar-refractivity contribution < 1.29 is 47.4 Å². The molecule has 0 bridgehead atoms. The predicted molar refractivity (Wildman–Crippen MR) is 494 cm³/mol. The van der Waals surface area contributed by atoms with Gasteiger partial charge in [-0.3, -0.25) is 4.79 Å². The zero-order valence-corrected chi connectivity index (χ0v) is 79.0. The van der Waals surface area contributed by atoms with E-state index in [-0.39, 0.29) is 42.8 Å². The monoisotopic (exact) mass is 1630 g/mol. The van der Waals surface area contributed by atoms with E-state index in [0.717, 1.165) is 109 Å². The number of carbonyl (C=O) groups is 1. The molecule has 7 saturated carbocycles. The first-order chi connectivity index (χ1) is 56.7. The van der Waals surface area contributed by atoms with Crippen LogP contribution in [-0.2, 0) is 23.7 Å². The number of hydrogen-bond donors (Lipinski definition) is 0. The molecule has 4 aromatic carbocycles. The average molecular weight is 1630 g/mol. The van der Waals surface area contributed by atoms with Crippen molar-refractivity contribution in [2.75, 3.05) is 6.61 Å². The van der Waals surface area contributed by atoms with Crippen molar-refractivity contribution in [3.05, 3.63) is 113 Å². The molecule has 10 nitrogen and oxygen atoms in total. The minimum absolute atomic E-state index is 0.127. The van der Waals surface area contributed by atoms with Crippen LogP contribution in [0.15, 0.2) is 91.0 Å². The van der Waals surface area contributed by atoms with Crippen LogP contribution in [-0.4, -0.2) is 55.5 Å². The molecule has 7 fully saturated rings. The summed E-state index contributed by atoms with van der Waals surface area (Å²) in [6, 6.07) is 31.5. The second kappa shape index (κ2) is 52.2. The summed E-state index contributed by atoms with van der Waals surface area (Å²) in [5.74, 6) is 14.4. The highest BCUT2D eigenvalue weighted by molar-refractivity contribution is 5.78. The van der Waals surface area contributed by atoms with Crippen molar-refractivity contribution >= 4 is 5.97 Å². The molecule has 7 aliphatic rings. The van der Waals surface area contributed by atoms with E-state index in [1.54, 1.807) is 0 Å². The number of esters is 1. The van der Waals surface area contributed by atoms with Gasteiger partial charge in [-0.05, 0) is 266 Å². The van der Waals surface area contributed by atoms with Gasteiger partial charge in [0.15, 0.2) is 18.9 Å². The SMILES string of the molecule is CCC(C)(C)C(=O)Oc1ccc(OC(CC(C2CCCCC2)C2CCCCC2)OC(C)(C)C)cc1.CCC(C)c1ccc(OC(CC(C)C)OC2CCC3CCCCC3C2)c(C)c1.CCC(C)c1ccc(OC(CC(C)C)OCCC2CCCCC2)cc1.CCC(C)c1ccc(OC(CC(C2CCCCC2)C2CCCCC2)OC(C)C)cc1. The van der Waals surface area contributed by atoms with Gasteiger partial charge < -0.3 is 42.6 Å². The van der Waals surface area contributed by atoms with Crippen molar-refractivity contribution in [3.8, 4) is 28.7 Å². The van der Waals surface area contributed by atoms with Crippen molar-refractivity contribution in [1.29, 1.82) is 0 Å². The van der Waals surface area contributed by atoms with Crippen molar-refractivity contribution in [2.45, 2.75) is 456 Å². The fraction of sp³-hybridized carbons (Fsp3) is 0.769. The van der Waals surface area contributed by atoms with Gasteiger partial charge in [0, 0.05) is 25.7 Å². The maximum Gasteiger partial charge on any atom is 0.316 e. The van der Waals surface area contributed by atoms with E-state index in [2.05, 4.69) is 178 Å². The Hall–Kier alpha value is -4.61. The summed E-state index contributed by atoms with van der Waals surface area (Å²) in [6.45, 7) is 42.0. The first-order valence-corrected chi connectivity index (χ1v) is 49.6. The van der Waals surface area contributed by atoms with Crippen LogP contribution in [0.5, 0.6) is 28.7 Å². The first-order valence-electron chi connectivity index (χ1n) is 49.6. The Kier molecular flexibility index (Phi) is 43.7. The lowest BCUT2D eigenvalue weighted by atomic mass is 9.68. The highest BCUT2D eigenvalue weighted by atomic mass is 16.7. The molecule has 10 heteroatoms. The minimum Gasteiger partial charge on any atom is -0.465 e. The third kappa shape index (κ3) is 35.2. The second-order valence-electron chi connectivity index (χ2n) is 41.0. The van der Waals surface area contributed by atoms with Crippen molar-refractivity contribution in [2.24, 2.45) is 70.5 Å². The molecule has 11 rings (SSSR count). The zero-order chi connectivity index (χ0) is 85.0. The quantitative estimate of drug-likeness (QED) is 0.0245. The fourth-order valence-electron chi connectivity index (χ4n) is 20.4. The first kappa shape index (κ1) is 98.8. The summed E-state index contributed by atoms with van der Waals surface area (Å²) >= 11 is 0. The van der Waals surface area contributed by atoms with Gasteiger partial charge in [0.1, 0.15) is 28.7 Å². The molecule has 10 unspecified atom stereocenters. The minimum atomic E-state index is -0.492. The van der Waals surface area contributed by atoms with Gasteiger partial charge in [-0.1, -0.05) is 299 Å². The lowest BCUT2D eigenvalue weighted by Crippen LogP contribution is -2.37. The Morgan fingerprint density at radius 3 is 1.25 bits per heavy atom. The number of benzene rings is 4. The second-order valence-corrected chi connectivity index (χ2v) is 41.0. The predicted octanol–water partition coefficient (Wildman–Crippen LogP) is 31.8. The van der Waals surface area contributed by atoms with Crippen LogP contribution in [0, 0.1) is 77.4 Å². The topological polar surface area (TPSA) is 100 Å². The van der Waals surface area contributed by atoms with Gasteiger partial charge in [-0.15, -0.1) is 0 Å². The number of fused-ring (bicyclic) bond motifs is 1. The molecule has 7 aliphatic carbocycles. The number of hydrogen-bond acceptors (Lipinski definition) is 10. The summed E-state index contributed by atoms with van der Waals surface area (Å²) in [7, 11) is 0. The molecule has 0 aromatic heterocycles. The summed E-state index contributed by atoms with van der Waals surface area (Å²) in [5.41, 5.74) is 4.64. The zero-order valence-electron chi connectivity index (χ0n) is 79.0. The smallest absolute Gasteiger partial charge is 0.316 e. The summed E-state index contributed by atoms with van der Waals surface area (Å²) in [5, 5.41) is 0. The van der Waals surface area contributed by atoms with E-state index in [0.29, 0.717) is 47.4 Å². The van der Waals surface area contributed by atoms with Crippen LogP contribution in [0.1, 0.15) is 428 Å². The van der Waals surface area contributed by atoms with Gasteiger partial charge in [0.05, 0.1) is 29.8 Å². The summed E-state index contributed by atoms with van der Waals surface area (Å²) < 4.78 is 56.7. The van der Waals surface area contributed by atoms with E-state index in [1.807, 2.05) is 45.0 Å². The van der Waals surface area contributed by atoms with Gasteiger partial charge in [0.25, 0.3) is 0 Å². The number of carbonyl (C=O) groups excluding carboxylic acids is 1. The third-order valence-electron chi connectivity index (χ3n) is 28.6. The normalized spacial score (nSPS) is 21.5. The highest BCUT2D eigenvalue weighted by Gasteiger charge is 2.39. The maximum absolute atomic E-state index is 12.4. The van der Waals surface area contributed by atoms with Gasteiger partial charge >= 0.3 is 5.97 Å². The molecule has 0 N–H and O–H groups in total. The molecule has 0 heterocycles. The molecule has 4 aromatic rings. The van der Waals surface area contributed by atoms with Gasteiger partial charge in [-0.25, -0.2) is 0 Å².